The van der Waals surface area contributed by atoms with Crippen LogP contribution < -0.4 is 10.1 Å². The average molecular weight is 237 g/mol. The molecule has 3 nitrogen and oxygen atoms in total. The number of nitrogens with one attached hydrogen (secondary N) is 1. The first-order chi connectivity index (χ1) is 8.26. The number of ether oxygens (including phenoxy) is 2. The Morgan fingerprint density at radius 2 is 2.18 bits per heavy atom. The van der Waals surface area contributed by atoms with E-state index in [4.69, 9.17) is 9.47 Å². The van der Waals surface area contributed by atoms with Crippen LogP contribution in [0.4, 0.5) is 0 Å². The van der Waals surface area contributed by atoms with Crippen molar-refractivity contribution in [2.75, 3.05) is 26.8 Å². The van der Waals surface area contributed by atoms with Gasteiger partial charge in [-0.1, -0.05) is 26.0 Å². The molecule has 0 aromatic heterocycles. The highest BCUT2D eigenvalue weighted by molar-refractivity contribution is 5.27. The monoisotopic (exact) mass is 237 g/mol. The smallest absolute Gasteiger partial charge is 0.119 e. The number of rotatable bonds is 8. The van der Waals surface area contributed by atoms with Gasteiger partial charge >= 0.3 is 0 Å². The first kappa shape index (κ1) is 14.0. The molecule has 3 heteroatoms. The summed E-state index contributed by atoms with van der Waals surface area (Å²) in [6.45, 7) is 7.75. The molecule has 1 unspecified atom stereocenters. The molecule has 1 aromatic rings. The predicted molar refractivity (Wildman–Crippen MR) is 70.4 cm³/mol. The lowest BCUT2D eigenvalue weighted by Crippen LogP contribution is -2.23. The van der Waals surface area contributed by atoms with Crippen LogP contribution in [0.3, 0.4) is 0 Å². The second-order valence-corrected chi connectivity index (χ2v) is 4.28. The summed E-state index contributed by atoms with van der Waals surface area (Å²) in [7, 11) is 1.68. The van der Waals surface area contributed by atoms with Crippen molar-refractivity contribution in [1.82, 2.24) is 5.32 Å². The van der Waals surface area contributed by atoms with Gasteiger partial charge in [0, 0.05) is 0 Å². The van der Waals surface area contributed by atoms with Crippen molar-refractivity contribution in [3.8, 4) is 5.75 Å². The molecule has 0 bridgehead atoms. The normalized spacial score (nSPS) is 12.4. The highest BCUT2D eigenvalue weighted by Crippen LogP contribution is 2.13. The third-order valence-electron chi connectivity index (χ3n) is 2.55. The van der Waals surface area contributed by atoms with Gasteiger partial charge in [-0.3, -0.25) is 0 Å². The number of hydrogen-bond donors (Lipinski definition) is 1. The fraction of sp³-hybridized carbons (Fsp3) is 0.571. The molecule has 0 fully saturated rings. The number of benzene rings is 1. The zero-order valence-electron chi connectivity index (χ0n) is 11.0. The van der Waals surface area contributed by atoms with Gasteiger partial charge in [-0.2, -0.15) is 0 Å². The van der Waals surface area contributed by atoms with E-state index < -0.39 is 0 Å². The summed E-state index contributed by atoms with van der Waals surface area (Å²) < 4.78 is 10.9. The molecule has 96 valence electrons. The maximum Gasteiger partial charge on any atom is 0.119 e. The van der Waals surface area contributed by atoms with Gasteiger partial charge in [0.1, 0.15) is 5.75 Å². The van der Waals surface area contributed by atoms with Crippen LogP contribution in [0.1, 0.15) is 19.4 Å². The van der Waals surface area contributed by atoms with Crippen LogP contribution in [-0.4, -0.2) is 26.8 Å². The highest BCUT2D eigenvalue weighted by Gasteiger charge is 2.02. The van der Waals surface area contributed by atoms with Crippen molar-refractivity contribution in [1.29, 1.82) is 0 Å². The van der Waals surface area contributed by atoms with E-state index in [1.807, 2.05) is 18.2 Å². The maximum atomic E-state index is 5.68. The lowest BCUT2D eigenvalue weighted by molar-refractivity contribution is 0.0919. The minimum Gasteiger partial charge on any atom is -0.497 e. The Balaban J connectivity index is 2.25. The zero-order chi connectivity index (χ0) is 12.5. The van der Waals surface area contributed by atoms with Gasteiger partial charge in [0.25, 0.3) is 0 Å². The topological polar surface area (TPSA) is 30.5 Å². The van der Waals surface area contributed by atoms with E-state index >= 15 is 0 Å². The van der Waals surface area contributed by atoms with Crippen LogP contribution in [0.2, 0.25) is 0 Å². The van der Waals surface area contributed by atoms with Crippen molar-refractivity contribution in [3.05, 3.63) is 29.8 Å². The molecule has 1 N–H and O–H groups in total. The zero-order valence-corrected chi connectivity index (χ0v) is 11.0. The first-order valence-electron chi connectivity index (χ1n) is 6.17. The maximum absolute atomic E-state index is 5.68. The Bertz CT molecular complexity index is 315. The molecular formula is C14H23NO2. The SMILES string of the molecule is CCNCC(C)COCc1cccc(OC)c1. The molecule has 0 amide bonds. The summed E-state index contributed by atoms with van der Waals surface area (Å²) in [5.41, 5.74) is 1.15. The lowest BCUT2D eigenvalue weighted by atomic mass is 10.2. The van der Waals surface area contributed by atoms with Gasteiger partial charge < -0.3 is 14.8 Å². The summed E-state index contributed by atoms with van der Waals surface area (Å²) >= 11 is 0. The minimum atomic E-state index is 0.542. The van der Waals surface area contributed by atoms with Crippen LogP contribution in [0.25, 0.3) is 0 Å². The molecule has 0 aliphatic carbocycles. The molecule has 0 aliphatic rings. The van der Waals surface area contributed by atoms with Crippen molar-refractivity contribution in [2.24, 2.45) is 5.92 Å². The molecule has 1 rings (SSSR count). The van der Waals surface area contributed by atoms with Crippen LogP contribution in [0.5, 0.6) is 5.75 Å². The van der Waals surface area contributed by atoms with Crippen LogP contribution >= 0.6 is 0 Å². The van der Waals surface area contributed by atoms with E-state index in [9.17, 15) is 0 Å². The molecule has 1 aromatic carbocycles. The third kappa shape index (κ3) is 5.71. The molecule has 0 spiro atoms. The molecule has 0 heterocycles. The molecule has 17 heavy (non-hydrogen) atoms. The van der Waals surface area contributed by atoms with Gasteiger partial charge in [0.15, 0.2) is 0 Å². The Kier molecular flexibility index (Phi) is 6.67. The van der Waals surface area contributed by atoms with Crippen LogP contribution in [0, 0.1) is 5.92 Å². The summed E-state index contributed by atoms with van der Waals surface area (Å²) in [6, 6.07) is 7.99. The molecule has 1 atom stereocenters. The van der Waals surface area contributed by atoms with E-state index in [1.54, 1.807) is 7.11 Å². The largest absolute Gasteiger partial charge is 0.497 e. The molecular weight excluding hydrogens is 214 g/mol. The van der Waals surface area contributed by atoms with Crippen molar-refractivity contribution >= 4 is 0 Å². The Hall–Kier alpha value is -1.06. The minimum absolute atomic E-state index is 0.542. The Labute approximate surface area is 104 Å². The average Bonchev–Trinajstić information content (AvgIpc) is 2.36. The van der Waals surface area contributed by atoms with Gasteiger partial charge in [0.2, 0.25) is 0 Å². The van der Waals surface area contributed by atoms with E-state index in [2.05, 4.69) is 25.2 Å². The molecule has 0 saturated heterocycles. The van der Waals surface area contributed by atoms with E-state index in [1.165, 1.54) is 0 Å². The Morgan fingerprint density at radius 3 is 2.88 bits per heavy atom. The van der Waals surface area contributed by atoms with Crippen molar-refractivity contribution in [2.45, 2.75) is 20.5 Å². The number of hydrogen-bond acceptors (Lipinski definition) is 3. The highest BCUT2D eigenvalue weighted by atomic mass is 16.5. The molecule has 0 aliphatic heterocycles. The summed E-state index contributed by atoms with van der Waals surface area (Å²) in [6.07, 6.45) is 0. The molecule has 0 saturated carbocycles. The van der Waals surface area contributed by atoms with Crippen molar-refractivity contribution in [3.63, 3.8) is 0 Å². The second-order valence-electron chi connectivity index (χ2n) is 4.28. The van der Waals surface area contributed by atoms with Crippen LogP contribution in [-0.2, 0) is 11.3 Å². The van der Waals surface area contributed by atoms with Gasteiger partial charge in [0.05, 0.1) is 20.3 Å². The van der Waals surface area contributed by atoms with Crippen molar-refractivity contribution < 1.29 is 9.47 Å². The van der Waals surface area contributed by atoms with Gasteiger partial charge in [-0.05, 0) is 36.7 Å². The molecule has 0 radical (unpaired) electrons. The summed E-state index contributed by atoms with van der Waals surface area (Å²) in [5.74, 6) is 1.42. The standard InChI is InChI=1S/C14H23NO2/c1-4-15-9-12(2)10-17-11-13-6-5-7-14(8-13)16-3/h5-8,12,15H,4,9-11H2,1-3H3. The Morgan fingerprint density at radius 1 is 1.35 bits per heavy atom. The van der Waals surface area contributed by atoms with E-state index in [0.717, 1.165) is 31.0 Å². The van der Waals surface area contributed by atoms with Gasteiger partial charge in [-0.15, -0.1) is 0 Å². The second kappa shape index (κ2) is 8.09. The number of methoxy groups -OCH3 is 1. The lowest BCUT2D eigenvalue weighted by Gasteiger charge is -2.12. The van der Waals surface area contributed by atoms with Gasteiger partial charge in [-0.25, -0.2) is 0 Å². The predicted octanol–water partition coefficient (Wildman–Crippen LogP) is 2.46. The fourth-order valence-corrected chi connectivity index (χ4v) is 1.59. The first-order valence-corrected chi connectivity index (χ1v) is 6.17. The van der Waals surface area contributed by atoms with E-state index in [-0.39, 0.29) is 0 Å². The quantitative estimate of drug-likeness (QED) is 0.753. The summed E-state index contributed by atoms with van der Waals surface area (Å²) in [5, 5.41) is 3.31. The third-order valence-corrected chi connectivity index (χ3v) is 2.55. The summed E-state index contributed by atoms with van der Waals surface area (Å²) in [4.78, 5) is 0. The van der Waals surface area contributed by atoms with E-state index in [0.29, 0.717) is 12.5 Å². The fourth-order valence-electron chi connectivity index (χ4n) is 1.59. The van der Waals surface area contributed by atoms with Crippen LogP contribution in [0.15, 0.2) is 24.3 Å².